The molecule has 0 aromatic rings. The Kier molecular flexibility index (Phi) is 6.48. The molecule has 0 heterocycles. The van der Waals surface area contributed by atoms with Gasteiger partial charge in [-0.25, -0.2) is 4.39 Å². The van der Waals surface area contributed by atoms with Crippen molar-refractivity contribution in [3.05, 3.63) is 0 Å². The van der Waals surface area contributed by atoms with Crippen molar-refractivity contribution >= 4 is 5.91 Å². The zero-order valence-electron chi connectivity index (χ0n) is 10.5. The molecule has 0 aliphatic heterocycles. The molecule has 2 atom stereocenters. The van der Waals surface area contributed by atoms with E-state index in [2.05, 4.69) is 4.90 Å². The molecule has 90 valence electrons. The van der Waals surface area contributed by atoms with E-state index in [1.165, 1.54) is 11.8 Å². The minimum absolute atomic E-state index is 0.0932. The van der Waals surface area contributed by atoms with Crippen LogP contribution in [-0.2, 0) is 4.79 Å². The first-order valence-electron chi connectivity index (χ1n) is 5.53. The summed E-state index contributed by atoms with van der Waals surface area (Å²) >= 11 is 0. The van der Waals surface area contributed by atoms with Gasteiger partial charge in [0.15, 0.2) is 0 Å². The first kappa shape index (κ1) is 14.4. The lowest BCUT2D eigenvalue weighted by atomic mass is 10.1. The predicted octanol–water partition coefficient (Wildman–Crippen LogP) is 1.53. The average Bonchev–Trinajstić information content (AvgIpc) is 2.19. The van der Waals surface area contributed by atoms with Crippen molar-refractivity contribution in [2.24, 2.45) is 0 Å². The number of carbonyl (C=O) groups is 1. The fourth-order valence-electron chi connectivity index (χ4n) is 1.57. The molecular weight excluding hydrogens is 195 g/mol. The molecule has 0 saturated heterocycles. The normalized spacial score (nSPS) is 15.1. The van der Waals surface area contributed by atoms with Crippen molar-refractivity contribution < 1.29 is 9.18 Å². The van der Waals surface area contributed by atoms with E-state index in [0.29, 0.717) is 0 Å². The fraction of sp³-hybridized carbons (Fsp3) is 0.909. The minimum atomic E-state index is -0.987. The summed E-state index contributed by atoms with van der Waals surface area (Å²) in [6.07, 6.45) is -0.987. The lowest BCUT2D eigenvalue weighted by Gasteiger charge is -2.30. The molecule has 4 heteroatoms. The van der Waals surface area contributed by atoms with E-state index >= 15 is 0 Å². The third-order valence-electron chi connectivity index (χ3n) is 2.90. The molecule has 2 unspecified atom stereocenters. The van der Waals surface area contributed by atoms with Crippen molar-refractivity contribution in [3.63, 3.8) is 0 Å². The highest BCUT2D eigenvalue weighted by Gasteiger charge is 2.23. The number of hydrogen-bond donors (Lipinski definition) is 0. The van der Waals surface area contributed by atoms with Crippen molar-refractivity contribution in [2.75, 3.05) is 26.7 Å². The molecule has 0 aromatic carbocycles. The van der Waals surface area contributed by atoms with Gasteiger partial charge in [0.2, 0.25) is 5.91 Å². The van der Waals surface area contributed by atoms with E-state index in [0.717, 1.165) is 13.1 Å². The third-order valence-corrected chi connectivity index (χ3v) is 2.90. The second-order valence-electron chi connectivity index (χ2n) is 3.88. The maximum Gasteiger partial charge on any atom is 0.219 e. The van der Waals surface area contributed by atoms with Crippen LogP contribution in [0, 0.1) is 0 Å². The maximum atomic E-state index is 13.8. The Bertz CT molecular complexity index is 195. The zero-order valence-corrected chi connectivity index (χ0v) is 10.5. The number of amides is 1. The van der Waals surface area contributed by atoms with Gasteiger partial charge in [-0.2, -0.15) is 0 Å². The number of rotatable bonds is 6. The molecule has 0 aliphatic rings. The summed E-state index contributed by atoms with van der Waals surface area (Å²) in [7, 11) is 1.63. The van der Waals surface area contributed by atoms with E-state index < -0.39 is 6.17 Å². The summed E-state index contributed by atoms with van der Waals surface area (Å²) in [5, 5.41) is 0. The largest absolute Gasteiger partial charge is 0.343 e. The second-order valence-corrected chi connectivity index (χ2v) is 3.88. The van der Waals surface area contributed by atoms with Crippen LogP contribution in [0.5, 0.6) is 0 Å². The number of alkyl halides is 1. The van der Waals surface area contributed by atoms with Crippen LogP contribution in [0.4, 0.5) is 4.39 Å². The molecule has 0 radical (unpaired) electrons. The molecule has 0 bridgehead atoms. The van der Waals surface area contributed by atoms with Crippen molar-refractivity contribution in [1.82, 2.24) is 9.80 Å². The van der Waals surface area contributed by atoms with Gasteiger partial charge in [0, 0.05) is 20.0 Å². The smallest absolute Gasteiger partial charge is 0.219 e. The molecule has 0 spiro atoms. The number of hydrogen-bond acceptors (Lipinski definition) is 2. The van der Waals surface area contributed by atoms with Gasteiger partial charge in [-0.3, -0.25) is 9.69 Å². The SMILES string of the molecule is CCN(CC)C(C)C(F)CN(C)C(C)=O. The second kappa shape index (κ2) is 6.77. The van der Waals surface area contributed by atoms with E-state index in [9.17, 15) is 9.18 Å². The Morgan fingerprint density at radius 3 is 2.13 bits per heavy atom. The van der Waals surface area contributed by atoms with Crippen LogP contribution in [0.15, 0.2) is 0 Å². The van der Waals surface area contributed by atoms with Crippen LogP contribution < -0.4 is 0 Å². The standard InChI is InChI=1S/C11H23FN2O/c1-6-14(7-2)9(3)11(12)8-13(5)10(4)15/h9,11H,6-8H2,1-5H3. The lowest BCUT2D eigenvalue weighted by molar-refractivity contribution is -0.128. The van der Waals surface area contributed by atoms with Gasteiger partial charge in [-0.05, 0) is 20.0 Å². The summed E-state index contributed by atoms with van der Waals surface area (Å²) in [6, 6.07) is -0.137. The van der Waals surface area contributed by atoms with Crippen LogP contribution in [0.3, 0.4) is 0 Å². The first-order valence-corrected chi connectivity index (χ1v) is 5.53. The summed E-state index contributed by atoms with van der Waals surface area (Å²) in [5.41, 5.74) is 0. The van der Waals surface area contributed by atoms with Crippen molar-refractivity contribution in [2.45, 2.75) is 39.9 Å². The van der Waals surface area contributed by atoms with Gasteiger partial charge in [0.25, 0.3) is 0 Å². The van der Waals surface area contributed by atoms with Crippen LogP contribution >= 0.6 is 0 Å². The number of nitrogens with zero attached hydrogens (tertiary/aromatic N) is 2. The molecule has 0 aromatic heterocycles. The molecule has 15 heavy (non-hydrogen) atoms. The monoisotopic (exact) mass is 218 g/mol. The molecule has 0 saturated carbocycles. The quantitative estimate of drug-likeness (QED) is 0.675. The number of carbonyl (C=O) groups excluding carboxylic acids is 1. The average molecular weight is 218 g/mol. The summed E-state index contributed by atoms with van der Waals surface area (Å²) < 4.78 is 13.8. The van der Waals surface area contributed by atoms with E-state index in [-0.39, 0.29) is 18.5 Å². The summed E-state index contributed by atoms with van der Waals surface area (Å²) in [6.45, 7) is 9.19. The molecule has 0 aliphatic carbocycles. The first-order chi connectivity index (χ1) is 6.93. The van der Waals surface area contributed by atoms with Gasteiger partial charge in [0.1, 0.15) is 6.17 Å². The molecule has 3 nitrogen and oxygen atoms in total. The van der Waals surface area contributed by atoms with Crippen LogP contribution in [0.2, 0.25) is 0 Å². The van der Waals surface area contributed by atoms with E-state index in [1.54, 1.807) is 7.05 Å². The molecule has 1 amide bonds. The number of halogens is 1. The van der Waals surface area contributed by atoms with Crippen molar-refractivity contribution in [1.29, 1.82) is 0 Å². The fourth-order valence-corrected chi connectivity index (χ4v) is 1.57. The Morgan fingerprint density at radius 2 is 1.80 bits per heavy atom. The Balaban J connectivity index is 4.18. The van der Waals surface area contributed by atoms with Gasteiger partial charge < -0.3 is 4.90 Å². The van der Waals surface area contributed by atoms with E-state index in [4.69, 9.17) is 0 Å². The van der Waals surface area contributed by atoms with Crippen LogP contribution in [-0.4, -0.2) is 54.6 Å². The van der Waals surface area contributed by atoms with Gasteiger partial charge >= 0.3 is 0 Å². The Hall–Kier alpha value is -0.640. The maximum absolute atomic E-state index is 13.8. The molecule has 0 fully saturated rings. The highest BCUT2D eigenvalue weighted by atomic mass is 19.1. The van der Waals surface area contributed by atoms with Gasteiger partial charge in [-0.1, -0.05) is 13.8 Å². The highest BCUT2D eigenvalue weighted by molar-refractivity contribution is 5.72. The highest BCUT2D eigenvalue weighted by Crippen LogP contribution is 2.09. The van der Waals surface area contributed by atoms with Gasteiger partial charge in [0.05, 0.1) is 6.54 Å². The minimum Gasteiger partial charge on any atom is -0.343 e. The topological polar surface area (TPSA) is 23.6 Å². The van der Waals surface area contributed by atoms with Crippen molar-refractivity contribution in [3.8, 4) is 0 Å². The zero-order chi connectivity index (χ0) is 12.0. The molecular formula is C11H23FN2O. The van der Waals surface area contributed by atoms with Crippen LogP contribution in [0.1, 0.15) is 27.7 Å². The molecule has 0 N–H and O–H groups in total. The lowest BCUT2D eigenvalue weighted by Crippen LogP contribution is -2.44. The predicted molar refractivity (Wildman–Crippen MR) is 60.6 cm³/mol. The van der Waals surface area contributed by atoms with Crippen LogP contribution in [0.25, 0.3) is 0 Å². The Morgan fingerprint density at radius 1 is 1.33 bits per heavy atom. The van der Waals surface area contributed by atoms with E-state index in [1.807, 2.05) is 20.8 Å². The third kappa shape index (κ3) is 4.60. The molecule has 0 rings (SSSR count). The summed E-state index contributed by atoms with van der Waals surface area (Å²) in [5.74, 6) is -0.0932. The summed E-state index contributed by atoms with van der Waals surface area (Å²) in [4.78, 5) is 14.4. The Labute approximate surface area is 92.2 Å². The van der Waals surface area contributed by atoms with Gasteiger partial charge in [-0.15, -0.1) is 0 Å².